The van der Waals surface area contributed by atoms with Crippen LogP contribution in [0.5, 0.6) is 23.0 Å². The van der Waals surface area contributed by atoms with Gasteiger partial charge in [0.2, 0.25) is 12.6 Å². The summed E-state index contributed by atoms with van der Waals surface area (Å²) < 4.78 is 27.2. The van der Waals surface area contributed by atoms with E-state index >= 15 is 0 Å². The summed E-state index contributed by atoms with van der Waals surface area (Å²) in [6.07, 6.45) is 2.81. The molecule has 0 aliphatic carbocycles. The minimum absolute atomic E-state index is 0.142. The van der Waals surface area contributed by atoms with E-state index in [0.29, 0.717) is 61.1 Å². The van der Waals surface area contributed by atoms with Gasteiger partial charge in [-0.05, 0) is 55.7 Å². The Kier molecular flexibility index (Phi) is 6.31. The molecule has 0 unspecified atom stereocenters. The fourth-order valence-electron chi connectivity index (χ4n) is 4.27. The molecule has 5 rings (SSSR count). The topological polar surface area (TPSA) is 101 Å². The largest absolute Gasteiger partial charge is 0.484 e. The highest BCUT2D eigenvalue weighted by Crippen LogP contribution is 2.37. The third-order valence-electron chi connectivity index (χ3n) is 6.17. The second kappa shape index (κ2) is 9.69. The third-order valence-corrected chi connectivity index (χ3v) is 6.17. The number of fused-ring (bicyclic) bond motifs is 2. The van der Waals surface area contributed by atoms with Crippen LogP contribution in [0.4, 0.5) is 0 Å². The normalized spacial score (nSPS) is 17.8. The molecule has 9 heteroatoms. The molecule has 3 aliphatic rings. The molecular formula is C26H25NO8. The number of piperidine rings is 1. The number of allylic oxidation sites excluding steroid dienone is 1. The third kappa shape index (κ3) is 4.80. The fourth-order valence-corrected chi connectivity index (χ4v) is 4.27. The van der Waals surface area contributed by atoms with Crippen molar-refractivity contribution in [3.63, 3.8) is 0 Å². The molecule has 2 aromatic carbocycles. The number of ether oxygens (including phenoxy) is 5. The van der Waals surface area contributed by atoms with Gasteiger partial charge in [-0.3, -0.25) is 14.4 Å². The molecule has 0 atom stereocenters. The maximum absolute atomic E-state index is 12.8. The smallest absolute Gasteiger partial charge is 0.309 e. The second-order valence-electron chi connectivity index (χ2n) is 8.41. The summed E-state index contributed by atoms with van der Waals surface area (Å²) in [6.45, 7) is 3.15. The van der Waals surface area contributed by atoms with Crippen molar-refractivity contribution in [1.82, 2.24) is 4.90 Å². The molecule has 1 saturated heterocycles. The molecule has 0 bridgehead atoms. The Morgan fingerprint density at radius 2 is 1.86 bits per heavy atom. The van der Waals surface area contributed by atoms with Crippen LogP contribution in [-0.2, 0) is 14.3 Å². The Bertz CT molecular complexity index is 1200. The SMILES string of the molecule is CCOC(=O)C1CCN(C(=O)COc2ccc3c(c2)OC(=Cc2ccc4c(c2)OCO4)C3=O)CC1. The zero-order chi connectivity index (χ0) is 24.4. The highest BCUT2D eigenvalue weighted by molar-refractivity contribution is 6.14. The van der Waals surface area contributed by atoms with Gasteiger partial charge in [0, 0.05) is 19.2 Å². The summed E-state index contributed by atoms with van der Waals surface area (Å²) in [4.78, 5) is 38.9. The van der Waals surface area contributed by atoms with E-state index in [0.717, 1.165) is 5.56 Å². The average molecular weight is 479 g/mol. The fraction of sp³-hybridized carbons (Fsp3) is 0.346. The molecule has 9 nitrogen and oxygen atoms in total. The molecule has 0 radical (unpaired) electrons. The van der Waals surface area contributed by atoms with E-state index in [1.165, 1.54) is 0 Å². The van der Waals surface area contributed by atoms with Crippen LogP contribution in [0.1, 0.15) is 35.7 Å². The summed E-state index contributed by atoms with van der Waals surface area (Å²) in [5, 5.41) is 0. The maximum atomic E-state index is 12.8. The number of nitrogens with zero attached hydrogens (tertiary/aromatic N) is 1. The lowest BCUT2D eigenvalue weighted by Gasteiger charge is -2.30. The molecular weight excluding hydrogens is 454 g/mol. The summed E-state index contributed by atoms with van der Waals surface area (Å²) in [5.74, 6) is 1.52. The van der Waals surface area contributed by atoms with Crippen LogP contribution < -0.4 is 18.9 Å². The monoisotopic (exact) mass is 479 g/mol. The summed E-state index contributed by atoms with van der Waals surface area (Å²) in [6, 6.07) is 10.3. The van der Waals surface area contributed by atoms with Gasteiger partial charge in [-0.2, -0.15) is 0 Å². The van der Waals surface area contributed by atoms with Crippen molar-refractivity contribution in [3.05, 3.63) is 53.3 Å². The van der Waals surface area contributed by atoms with Crippen LogP contribution in [0.2, 0.25) is 0 Å². The number of carbonyl (C=O) groups is 3. The van der Waals surface area contributed by atoms with Gasteiger partial charge < -0.3 is 28.6 Å². The minimum atomic E-state index is -0.232. The van der Waals surface area contributed by atoms with Crippen molar-refractivity contribution in [1.29, 1.82) is 0 Å². The van der Waals surface area contributed by atoms with Gasteiger partial charge >= 0.3 is 5.97 Å². The number of rotatable bonds is 6. The zero-order valence-corrected chi connectivity index (χ0v) is 19.3. The highest BCUT2D eigenvalue weighted by atomic mass is 16.7. The molecule has 35 heavy (non-hydrogen) atoms. The van der Waals surface area contributed by atoms with E-state index < -0.39 is 0 Å². The average Bonchev–Trinajstić information content (AvgIpc) is 3.46. The number of ketones is 1. The van der Waals surface area contributed by atoms with Crippen LogP contribution >= 0.6 is 0 Å². The first kappa shape index (κ1) is 22.8. The van der Waals surface area contributed by atoms with E-state index in [1.54, 1.807) is 48.2 Å². The van der Waals surface area contributed by atoms with Gasteiger partial charge in [-0.1, -0.05) is 6.07 Å². The Morgan fingerprint density at radius 1 is 1.06 bits per heavy atom. The van der Waals surface area contributed by atoms with Crippen molar-refractivity contribution in [3.8, 4) is 23.0 Å². The molecule has 0 N–H and O–H groups in total. The van der Waals surface area contributed by atoms with Crippen molar-refractivity contribution < 1.29 is 38.1 Å². The van der Waals surface area contributed by atoms with E-state index in [4.69, 9.17) is 23.7 Å². The van der Waals surface area contributed by atoms with Gasteiger partial charge in [-0.25, -0.2) is 0 Å². The lowest BCUT2D eigenvalue weighted by molar-refractivity contribution is -0.151. The van der Waals surface area contributed by atoms with Crippen LogP contribution in [0, 0.1) is 5.92 Å². The van der Waals surface area contributed by atoms with Crippen LogP contribution in [0.3, 0.4) is 0 Å². The van der Waals surface area contributed by atoms with E-state index in [9.17, 15) is 14.4 Å². The summed E-state index contributed by atoms with van der Waals surface area (Å²) in [7, 11) is 0. The lowest BCUT2D eigenvalue weighted by Crippen LogP contribution is -2.42. The van der Waals surface area contributed by atoms with Crippen molar-refractivity contribution in [2.75, 3.05) is 33.1 Å². The van der Waals surface area contributed by atoms with Crippen molar-refractivity contribution in [2.24, 2.45) is 5.92 Å². The second-order valence-corrected chi connectivity index (χ2v) is 8.41. The van der Waals surface area contributed by atoms with E-state index in [-0.39, 0.29) is 42.7 Å². The first-order valence-corrected chi connectivity index (χ1v) is 11.6. The first-order valence-electron chi connectivity index (χ1n) is 11.6. The number of esters is 1. The number of Topliss-reactive ketones (excluding diaryl/α,β-unsaturated/α-hetero) is 1. The molecule has 1 fully saturated rings. The molecule has 0 saturated carbocycles. The van der Waals surface area contributed by atoms with E-state index in [1.807, 2.05) is 6.07 Å². The Balaban J connectivity index is 1.18. The van der Waals surface area contributed by atoms with Crippen LogP contribution in [0.25, 0.3) is 6.08 Å². The van der Waals surface area contributed by atoms with Crippen LogP contribution in [0.15, 0.2) is 42.2 Å². The summed E-state index contributed by atoms with van der Waals surface area (Å²) >= 11 is 0. The van der Waals surface area contributed by atoms with Gasteiger partial charge in [-0.15, -0.1) is 0 Å². The Hall–Kier alpha value is -4.01. The Labute approximate surface area is 202 Å². The van der Waals surface area contributed by atoms with Crippen LogP contribution in [-0.4, -0.2) is 55.7 Å². The number of carbonyl (C=O) groups excluding carboxylic acids is 3. The molecule has 3 aliphatic heterocycles. The van der Waals surface area contributed by atoms with Gasteiger partial charge in [0.15, 0.2) is 23.9 Å². The maximum Gasteiger partial charge on any atom is 0.309 e. The van der Waals surface area contributed by atoms with Crippen molar-refractivity contribution >= 4 is 23.7 Å². The first-order chi connectivity index (χ1) is 17.0. The molecule has 1 amide bonds. The standard InChI is InChI=1S/C26H25NO8/c1-2-31-26(30)17-7-9-27(10-8-17)24(28)14-32-18-4-5-19-21(13-18)35-23(25(19)29)12-16-3-6-20-22(11-16)34-15-33-20/h3-6,11-13,17H,2,7-10,14-15H2,1H3. The highest BCUT2D eigenvalue weighted by Gasteiger charge is 2.30. The molecule has 0 aromatic heterocycles. The molecule has 182 valence electrons. The number of hydrogen-bond acceptors (Lipinski definition) is 8. The predicted molar refractivity (Wildman–Crippen MR) is 123 cm³/mol. The van der Waals surface area contributed by atoms with E-state index in [2.05, 4.69) is 0 Å². The zero-order valence-electron chi connectivity index (χ0n) is 19.3. The quantitative estimate of drug-likeness (QED) is 0.460. The lowest BCUT2D eigenvalue weighted by atomic mass is 9.97. The number of amides is 1. The van der Waals surface area contributed by atoms with Gasteiger partial charge in [0.1, 0.15) is 11.5 Å². The number of hydrogen-bond donors (Lipinski definition) is 0. The Morgan fingerprint density at radius 3 is 2.66 bits per heavy atom. The van der Waals surface area contributed by atoms with Gasteiger partial charge in [0.05, 0.1) is 18.1 Å². The molecule has 3 heterocycles. The number of likely N-dealkylation sites (tertiary alicyclic amines) is 1. The molecule has 0 spiro atoms. The van der Waals surface area contributed by atoms with Gasteiger partial charge in [0.25, 0.3) is 5.91 Å². The summed E-state index contributed by atoms with van der Waals surface area (Å²) in [5.41, 5.74) is 1.18. The predicted octanol–water partition coefficient (Wildman–Crippen LogP) is 3.21. The number of benzene rings is 2. The molecule has 2 aromatic rings. The van der Waals surface area contributed by atoms with Crippen molar-refractivity contribution in [2.45, 2.75) is 19.8 Å². The minimum Gasteiger partial charge on any atom is -0.484 e.